The highest BCUT2D eigenvalue weighted by Crippen LogP contribution is 2.31. The topological polar surface area (TPSA) is 83.7 Å². The van der Waals surface area contributed by atoms with E-state index >= 15 is 0 Å². The maximum atomic E-state index is 13.1. The largest absolute Gasteiger partial charge is 0.504 e. The van der Waals surface area contributed by atoms with Crippen LogP contribution in [-0.2, 0) is 0 Å². The van der Waals surface area contributed by atoms with E-state index in [0.717, 1.165) is 23.4 Å². The van der Waals surface area contributed by atoms with Crippen molar-refractivity contribution in [1.82, 2.24) is 14.7 Å². The Bertz CT molecular complexity index is 1010. The summed E-state index contributed by atoms with van der Waals surface area (Å²) in [6.07, 6.45) is 4.34. The Balaban J connectivity index is 2.03. The lowest BCUT2D eigenvalue weighted by Gasteiger charge is -2.10. The first kappa shape index (κ1) is 17.6. The number of amides is 1. The van der Waals surface area contributed by atoms with Crippen LogP contribution in [0.5, 0.6) is 5.75 Å². The average Bonchev–Trinajstić information content (AvgIpc) is 2.64. The summed E-state index contributed by atoms with van der Waals surface area (Å²) >= 11 is 0. The highest BCUT2D eigenvalue weighted by Gasteiger charge is 2.16. The number of nitrogens with zero attached hydrogens (tertiary/aromatic N) is 2. The third-order valence-corrected chi connectivity index (χ3v) is 4.07. The number of fused-ring (bicyclic) bond motifs is 1. The summed E-state index contributed by atoms with van der Waals surface area (Å²) in [6, 6.07) is 7.13. The second-order valence-electron chi connectivity index (χ2n) is 5.87. The lowest BCUT2D eigenvalue weighted by molar-refractivity contribution is 0.0951. The predicted octanol–water partition coefficient (Wildman–Crippen LogP) is 2.74. The monoisotopic (exact) mass is 355 g/mol. The molecule has 3 aromatic rings. The zero-order valence-electron chi connectivity index (χ0n) is 14.2. The molecule has 0 bridgehead atoms. The molecule has 0 aliphatic rings. The van der Waals surface area contributed by atoms with Gasteiger partial charge >= 0.3 is 0 Å². The molecule has 1 aromatic carbocycles. The number of nitrogens with one attached hydrogen (secondary N) is 1. The number of pyridine rings is 1. The average molecular weight is 355 g/mol. The number of aromatic hydroxyl groups is 1. The van der Waals surface area contributed by atoms with Gasteiger partial charge in [0, 0.05) is 24.5 Å². The third kappa shape index (κ3) is 3.28. The standard InChI is InChI=1S/C19H18FN3O3/c1-2-3-9-21-18(25)15-11-22-17-16(24)14(8-10-23(17)19(15)26)12-4-6-13(20)7-5-12/h4-8,10-11,24H,2-3,9H2,1H3,(H,21,25). The van der Waals surface area contributed by atoms with E-state index < -0.39 is 11.5 Å². The number of benzene rings is 1. The Hall–Kier alpha value is -3.22. The first-order valence-corrected chi connectivity index (χ1v) is 8.30. The minimum Gasteiger partial charge on any atom is -0.504 e. The zero-order valence-corrected chi connectivity index (χ0v) is 14.2. The van der Waals surface area contributed by atoms with Crippen LogP contribution in [0.25, 0.3) is 16.8 Å². The van der Waals surface area contributed by atoms with Crippen molar-refractivity contribution in [2.75, 3.05) is 6.54 Å². The molecule has 0 unspecified atom stereocenters. The van der Waals surface area contributed by atoms with Gasteiger partial charge < -0.3 is 10.4 Å². The van der Waals surface area contributed by atoms with Gasteiger partial charge in [0.05, 0.1) is 0 Å². The molecule has 7 heteroatoms. The molecule has 134 valence electrons. The molecule has 2 aromatic heterocycles. The number of rotatable bonds is 5. The van der Waals surface area contributed by atoms with E-state index in [0.29, 0.717) is 17.7 Å². The van der Waals surface area contributed by atoms with Crippen molar-refractivity contribution in [3.8, 4) is 16.9 Å². The van der Waals surface area contributed by atoms with Gasteiger partial charge in [0.1, 0.15) is 11.4 Å². The minimum atomic E-state index is -0.565. The van der Waals surface area contributed by atoms with Gasteiger partial charge in [0.25, 0.3) is 11.5 Å². The molecule has 3 rings (SSSR count). The molecule has 0 aliphatic heterocycles. The summed E-state index contributed by atoms with van der Waals surface area (Å²) in [4.78, 5) is 28.7. The molecule has 1 amide bonds. The molecule has 2 heterocycles. The van der Waals surface area contributed by atoms with Gasteiger partial charge in [-0.15, -0.1) is 0 Å². The smallest absolute Gasteiger partial charge is 0.270 e. The number of unbranched alkanes of at least 4 members (excludes halogenated alkanes) is 1. The fourth-order valence-corrected chi connectivity index (χ4v) is 2.62. The molecule has 0 saturated carbocycles. The number of carbonyl (C=O) groups is 1. The summed E-state index contributed by atoms with van der Waals surface area (Å²) in [5.41, 5.74) is 0.374. The molecule has 26 heavy (non-hydrogen) atoms. The second-order valence-corrected chi connectivity index (χ2v) is 5.87. The highest BCUT2D eigenvalue weighted by atomic mass is 19.1. The summed E-state index contributed by atoms with van der Waals surface area (Å²) in [5.74, 6) is -1.09. The number of halogens is 1. The Morgan fingerprint density at radius 3 is 2.69 bits per heavy atom. The molecule has 6 nitrogen and oxygen atoms in total. The molecular formula is C19H18FN3O3. The normalized spacial score (nSPS) is 10.8. The number of hydrogen-bond donors (Lipinski definition) is 2. The molecule has 0 saturated heterocycles. The summed E-state index contributed by atoms with van der Waals surface area (Å²) in [6.45, 7) is 2.48. The molecule has 0 spiro atoms. The fraction of sp³-hybridized carbons (Fsp3) is 0.211. The first-order valence-electron chi connectivity index (χ1n) is 8.30. The molecule has 0 radical (unpaired) electrons. The zero-order chi connectivity index (χ0) is 18.7. The molecule has 0 atom stereocenters. The van der Waals surface area contributed by atoms with Crippen molar-refractivity contribution in [3.63, 3.8) is 0 Å². The van der Waals surface area contributed by atoms with Crippen LogP contribution < -0.4 is 10.9 Å². The Morgan fingerprint density at radius 2 is 2.00 bits per heavy atom. The van der Waals surface area contributed by atoms with Crippen LogP contribution in [0.4, 0.5) is 4.39 Å². The van der Waals surface area contributed by atoms with Crippen LogP contribution in [0, 0.1) is 5.82 Å². The van der Waals surface area contributed by atoms with Gasteiger partial charge in [-0.3, -0.25) is 14.0 Å². The van der Waals surface area contributed by atoms with E-state index in [1.807, 2.05) is 6.92 Å². The Labute approximate surface area is 148 Å². The number of hydrogen-bond acceptors (Lipinski definition) is 4. The van der Waals surface area contributed by atoms with Crippen molar-refractivity contribution in [2.45, 2.75) is 19.8 Å². The van der Waals surface area contributed by atoms with Crippen LogP contribution in [0.3, 0.4) is 0 Å². The molecular weight excluding hydrogens is 337 g/mol. The van der Waals surface area contributed by atoms with Crippen LogP contribution in [0.1, 0.15) is 30.1 Å². The Kier molecular flexibility index (Phi) is 4.97. The quantitative estimate of drug-likeness (QED) is 0.690. The van der Waals surface area contributed by atoms with Crippen molar-refractivity contribution >= 4 is 11.6 Å². The predicted molar refractivity (Wildman–Crippen MR) is 95.8 cm³/mol. The fourth-order valence-electron chi connectivity index (χ4n) is 2.62. The molecule has 0 fully saturated rings. The maximum Gasteiger partial charge on any atom is 0.270 e. The van der Waals surface area contributed by atoms with E-state index in [4.69, 9.17) is 0 Å². The van der Waals surface area contributed by atoms with E-state index in [1.54, 1.807) is 0 Å². The second kappa shape index (κ2) is 7.35. The van der Waals surface area contributed by atoms with Crippen LogP contribution in [-0.4, -0.2) is 26.9 Å². The minimum absolute atomic E-state index is 0.0296. The van der Waals surface area contributed by atoms with Gasteiger partial charge in [0.15, 0.2) is 11.4 Å². The lowest BCUT2D eigenvalue weighted by Crippen LogP contribution is -2.32. The van der Waals surface area contributed by atoms with Gasteiger partial charge in [-0.1, -0.05) is 25.5 Å². The van der Waals surface area contributed by atoms with E-state index in [1.165, 1.54) is 36.5 Å². The van der Waals surface area contributed by atoms with Crippen molar-refractivity contribution in [2.24, 2.45) is 0 Å². The van der Waals surface area contributed by atoms with Crippen LogP contribution >= 0.6 is 0 Å². The third-order valence-electron chi connectivity index (χ3n) is 4.07. The van der Waals surface area contributed by atoms with E-state index in [2.05, 4.69) is 10.3 Å². The molecule has 0 aliphatic carbocycles. The number of aromatic nitrogens is 2. The van der Waals surface area contributed by atoms with E-state index in [9.17, 15) is 19.1 Å². The SMILES string of the molecule is CCCCNC(=O)c1cnc2c(O)c(-c3ccc(F)cc3)ccn2c1=O. The molecule has 2 N–H and O–H groups in total. The Morgan fingerprint density at radius 1 is 1.27 bits per heavy atom. The maximum absolute atomic E-state index is 13.1. The van der Waals surface area contributed by atoms with Crippen molar-refractivity contribution in [1.29, 1.82) is 0 Å². The lowest BCUT2D eigenvalue weighted by atomic mass is 10.1. The summed E-state index contributed by atoms with van der Waals surface area (Å²) in [5, 5.41) is 13.2. The van der Waals surface area contributed by atoms with E-state index in [-0.39, 0.29) is 22.8 Å². The van der Waals surface area contributed by atoms with Gasteiger partial charge in [0.2, 0.25) is 0 Å². The highest BCUT2D eigenvalue weighted by molar-refractivity contribution is 5.93. The first-order chi connectivity index (χ1) is 12.5. The van der Waals surface area contributed by atoms with Crippen LogP contribution in [0.2, 0.25) is 0 Å². The van der Waals surface area contributed by atoms with Crippen molar-refractivity contribution in [3.05, 3.63) is 64.5 Å². The van der Waals surface area contributed by atoms with Crippen molar-refractivity contribution < 1.29 is 14.3 Å². The number of carbonyl (C=O) groups excluding carboxylic acids is 1. The van der Waals surface area contributed by atoms with Gasteiger partial charge in [-0.25, -0.2) is 9.37 Å². The summed E-state index contributed by atoms with van der Waals surface area (Å²) < 4.78 is 14.2. The van der Waals surface area contributed by atoms with Gasteiger partial charge in [-0.05, 0) is 30.2 Å². The summed E-state index contributed by atoms with van der Waals surface area (Å²) in [7, 11) is 0. The van der Waals surface area contributed by atoms with Gasteiger partial charge in [-0.2, -0.15) is 0 Å². The van der Waals surface area contributed by atoms with Crippen LogP contribution in [0.15, 0.2) is 47.5 Å².